The molecule has 2 aliphatic heterocycles. The van der Waals surface area contributed by atoms with Crippen molar-refractivity contribution in [2.75, 3.05) is 59.0 Å². The second-order valence-corrected chi connectivity index (χ2v) is 13.5. The molecule has 2 N–H and O–H groups in total. The number of rotatable bonds is 15. The summed E-state index contributed by atoms with van der Waals surface area (Å²) in [5, 5.41) is 13.6. The van der Waals surface area contributed by atoms with Crippen molar-refractivity contribution in [3.05, 3.63) is 101 Å². The number of aliphatic hydroxyl groups is 1. The third-order valence-electron chi connectivity index (χ3n) is 8.86. The largest absolute Gasteiger partial charge is 0.388 e. The van der Waals surface area contributed by atoms with Gasteiger partial charge in [-0.2, -0.15) is 0 Å². The number of β-lactam (4-membered cyclic amide) rings is 1. The molecule has 2 unspecified atom stereocenters. The molecule has 2 aliphatic rings. The SMILES string of the molecule is C[N+](C)(C)CCNC(=O)COC1(CCc2ccc(C3[C@@H](CCC(O)c4ccc(F)cc4)C(=O)N3c3ccc(F)cc3)cc2)COC1. The average Bonchev–Trinajstić information content (AvgIpc) is 3.00. The van der Waals surface area contributed by atoms with Gasteiger partial charge in [-0.05, 0) is 78.8 Å². The summed E-state index contributed by atoms with van der Waals surface area (Å²) in [7, 11) is 6.22. The molecule has 46 heavy (non-hydrogen) atoms. The van der Waals surface area contributed by atoms with Gasteiger partial charge >= 0.3 is 0 Å². The number of likely N-dealkylation sites (N-methyl/N-ethyl adjacent to an activating group) is 1. The number of amides is 2. The van der Waals surface area contributed by atoms with E-state index in [9.17, 15) is 23.5 Å². The molecule has 0 aliphatic carbocycles. The van der Waals surface area contributed by atoms with Crippen molar-refractivity contribution in [3.63, 3.8) is 0 Å². The molecular weight excluding hydrogens is 592 g/mol. The molecule has 10 heteroatoms. The first-order valence-corrected chi connectivity index (χ1v) is 15.8. The Labute approximate surface area is 269 Å². The molecule has 0 radical (unpaired) electrons. The molecule has 246 valence electrons. The predicted octanol–water partition coefficient (Wildman–Crippen LogP) is 4.72. The molecule has 0 aromatic heterocycles. The molecule has 5 rings (SSSR count). The number of aryl methyl sites for hydroxylation is 1. The highest BCUT2D eigenvalue weighted by Gasteiger charge is 2.48. The lowest BCUT2D eigenvalue weighted by Crippen LogP contribution is -2.55. The average molecular weight is 637 g/mol. The number of carbonyl (C=O) groups excluding carboxylic acids is 2. The Hall–Kier alpha value is -3.70. The van der Waals surface area contributed by atoms with Crippen molar-refractivity contribution in [2.24, 2.45) is 5.92 Å². The number of nitrogens with one attached hydrogen (secondary N) is 1. The maximum Gasteiger partial charge on any atom is 0.246 e. The van der Waals surface area contributed by atoms with Gasteiger partial charge in [-0.25, -0.2) is 8.78 Å². The third-order valence-corrected chi connectivity index (χ3v) is 8.86. The van der Waals surface area contributed by atoms with E-state index >= 15 is 0 Å². The number of quaternary nitrogens is 1. The third kappa shape index (κ3) is 8.36. The minimum Gasteiger partial charge on any atom is -0.388 e. The molecule has 3 atom stereocenters. The molecule has 0 saturated carbocycles. The van der Waals surface area contributed by atoms with Crippen LogP contribution < -0.4 is 10.2 Å². The summed E-state index contributed by atoms with van der Waals surface area (Å²) in [6.07, 6.45) is 1.38. The van der Waals surface area contributed by atoms with Gasteiger partial charge in [0.15, 0.2) is 0 Å². The predicted molar refractivity (Wildman–Crippen MR) is 171 cm³/mol. The molecule has 2 saturated heterocycles. The first kappa shape index (κ1) is 33.7. The first-order valence-electron chi connectivity index (χ1n) is 15.8. The maximum absolute atomic E-state index is 13.7. The lowest BCUT2D eigenvalue weighted by Gasteiger charge is -2.48. The van der Waals surface area contributed by atoms with E-state index in [1.54, 1.807) is 29.2 Å². The summed E-state index contributed by atoms with van der Waals surface area (Å²) >= 11 is 0. The molecule has 2 fully saturated rings. The number of benzene rings is 3. The second kappa shape index (κ2) is 14.4. The highest BCUT2D eigenvalue weighted by molar-refractivity contribution is 6.03. The Morgan fingerprint density at radius 1 is 1.02 bits per heavy atom. The van der Waals surface area contributed by atoms with Crippen LogP contribution in [0.5, 0.6) is 0 Å². The van der Waals surface area contributed by atoms with Gasteiger partial charge in [-0.3, -0.25) is 9.59 Å². The van der Waals surface area contributed by atoms with Crippen LogP contribution in [0, 0.1) is 17.6 Å². The lowest BCUT2D eigenvalue weighted by molar-refractivity contribution is -0.869. The van der Waals surface area contributed by atoms with Gasteiger partial charge in [0.2, 0.25) is 11.8 Å². The number of hydrogen-bond donors (Lipinski definition) is 2. The van der Waals surface area contributed by atoms with Crippen molar-refractivity contribution in [1.29, 1.82) is 0 Å². The normalized spacial score (nSPS) is 19.7. The Balaban J connectivity index is 1.21. The minimum atomic E-state index is -0.824. The van der Waals surface area contributed by atoms with Crippen molar-refractivity contribution in [1.82, 2.24) is 5.32 Å². The van der Waals surface area contributed by atoms with Gasteiger partial charge in [0.05, 0.1) is 65.5 Å². The number of carbonyl (C=O) groups is 2. The Kier molecular flexibility index (Phi) is 10.5. The Bertz CT molecular complexity index is 1470. The number of hydrogen-bond acceptors (Lipinski definition) is 5. The monoisotopic (exact) mass is 636 g/mol. The summed E-state index contributed by atoms with van der Waals surface area (Å²) in [5.74, 6) is -1.35. The van der Waals surface area contributed by atoms with E-state index < -0.39 is 11.7 Å². The number of anilines is 1. The fourth-order valence-electron chi connectivity index (χ4n) is 5.97. The smallest absolute Gasteiger partial charge is 0.246 e. The summed E-state index contributed by atoms with van der Waals surface area (Å²) in [6, 6.07) is 19.4. The summed E-state index contributed by atoms with van der Waals surface area (Å²) < 4.78 is 39.3. The van der Waals surface area contributed by atoms with Gasteiger partial charge < -0.3 is 29.3 Å². The van der Waals surface area contributed by atoms with E-state index in [0.717, 1.165) is 28.6 Å². The van der Waals surface area contributed by atoms with Crippen molar-refractivity contribution in [3.8, 4) is 0 Å². The maximum atomic E-state index is 13.7. The highest BCUT2D eigenvalue weighted by atomic mass is 19.1. The van der Waals surface area contributed by atoms with Crippen LogP contribution in [0.2, 0.25) is 0 Å². The fraction of sp³-hybridized carbons (Fsp3) is 0.444. The van der Waals surface area contributed by atoms with E-state index in [2.05, 4.69) is 26.5 Å². The van der Waals surface area contributed by atoms with Crippen LogP contribution >= 0.6 is 0 Å². The summed E-state index contributed by atoms with van der Waals surface area (Å²) in [6.45, 7) is 2.29. The number of nitrogens with zero attached hydrogens (tertiary/aromatic N) is 2. The van der Waals surface area contributed by atoms with Crippen LogP contribution in [-0.4, -0.2) is 81.1 Å². The van der Waals surface area contributed by atoms with Crippen LogP contribution in [-0.2, 0) is 25.5 Å². The molecule has 2 amide bonds. The molecular formula is C36H44F2N3O5+. The zero-order valence-electron chi connectivity index (χ0n) is 26.8. The van der Waals surface area contributed by atoms with Gasteiger partial charge in [0.25, 0.3) is 0 Å². The van der Waals surface area contributed by atoms with Crippen molar-refractivity contribution < 1.29 is 37.4 Å². The van der Waals surface area contributed by atoms with E-state index in [-0.39, 0.29) is 42.0 Å². The van der Waals surface area contributed by atoms with Gasteiger partial charge in [-0.15, -0.1) is 0 Å². The second-order valence-electron chi connectivity index (χ2n) is 13.5. The quantitative estimate of drug-likeness (QED) is 0.186. The van der Waals surface area contributed by atoms with Crippen LogP contribution in [0.1, 0.15) is 48.1 Å². The standard InChI is InChI=1S/C36H43F2N3O5/c1-41(2,3)21-20-39-33(43)22-46-36(23-45-24-36)19-18-25-4-6-27(7-5-25)34-31(16-17-32(42)26-8-10-28(37)11-9-26)35(44)40(34)30-14-12-29(38)13-15-30/h4-15,31-32,34,42H,16-24H2,1-3H3/p+1/t31-,32?,34?/m1/s1. The fourth-order valence-corrected chi connectivity index (χ4v) is 5.97. The molecule has 3 aromatic rings. The number of ether oxygens (including phenoxy) is 2. The van der Waals surface area contributed by atoms with Crippen LogP contribution in [0.25, 0.3) is 0 Å². The molecule has 3 aromatic carbocycles. The van der Waals surface area contributed by atoms with Crippen LogP contribution in [0.4, 0.5) is 14.5 Å². The van der Waals surface area contributed by atoms with E-state index in [1.165, 1.54) is 24.3 Å². The van der Waals surface area contributed by atoms with Crippen LogP contribution in [0.15, 0.2) is 72.8 Å². The Morgan fingerprint density at radius 2 is 1.65 bits per heavy atom. The zero-order chi connectivity index (χ0) is 32.9. The molecule has 8 nitrogen and oxygen atoms in total. The molecule has 0 bridgehead atoms. The molecule has 0 spiro atoms. The van der Waals surface area contributed by atoms with Gasteiger partial charge in [-0.1, -0.05) is 36.4 Å². The topological polar surface area (TPSA) is 88.1 Å². The van der Waals surface area contributed by atoms with Gasteiger partial charge in [0.1, 0.15) is 23.8 Å². The molecule has 2 heterocycles. The number of halogens is 2. The summed E-state index contributed by atoms with van der Waals surface area (Å²) in [4.78, 5) is 27.4. The summed E-state index contributed by atoms with van der Waals surface area (Å²) in [5.41, 5.74) is 2.75. The minimum absolute atomic E-state index is 0.00832. The lowest BCUT2D eigenvalue weighted by atomic mass is 9.78. The first-order chi connectivity index (χ1) is 21.9. The van der Waals surface area contributed by atoms with Crippen molar-refractivity contribution in [2.45, 2.75) is 43.4 Å². The van der Waals surface area contributed by atoms with E-state index in [1.807, 2.05) is 24.3 Å². The Morgan fingerprint density at radius 3 is 2.24 bits per heavy atom. The zero-order valence-corrected chi connectivity index (χ0v) is 26.8. The van der Waals surface area contributed by atoms with Crippen molar-refractivity contribution >= 4 is 17.5 Å². The van der Waals surface area contributed by atoms with Gasteiger partial charge in [0, 0.05) is 5.69 Å². The van der Waals surface area contributed by atoms with E-state index in [4.69, 9.17) is 9.47 Å². The number of aliphatic hydroxyl groups excluding tert-OH is 1. The van der Waals surface area contributed by atoms with E-state index in [0.29, 0.717) is 50.3 Å². The van der Waals surface area contributed by atoms with Crippen LogP contribution in [0.3, 0.4) is 0 Å². The highest BCUT2D eigenvalue weighted by Crippen LogP contribution is 2.46.